The van der Waals surface area contributed by atoms with Gasteiger partial charge in [-0.05, 0) is 34.0 Å². The normalized spacial score (nSPS) is 18.7. The predicted octanol–water partition coefficient (Wildman–Crippen LogP) is 7.23. The molecule has 0 atom stereocenters. The highest BCUT2D eigenvalue weighted by Crippen LogP contribution is 2.50. The summed E-state index contributed by atoms with van der Waals surface area (Å²) in [5.41, 5.74) is 5.78. The van der Waals surface area contributed by atoms with Gasteiger partial charge in [0.05, 0.1) is 0 Å². The van der Waals surface area contributed by atoms with Crippen LogP contribution in [0.4, 0.5) is 0 Å². The van der Waals surface area contributed by atoms with Crippen LogP contribution in [-0.4, -0.2) is 3.23 Å². The van der Waals surface area contributed by atoms with Crippen molar-refractivity contribution in [1.29, 1.82) is 0 Å². The van der Waals surface area contributed by atoms with E-state index >= 15 is 0 Å². The lowest BCUT2D eigenvalue weighted by atomic mass is 9.79. The Morgan fingerprint density at radius 2 is 1.36 bits per heavy atom. The third-order valence-electron chi connectivity index (χ3n) is 4.28. The van der Waals surface area contributed by atoms with E-state index in [1.807, 2.05) is 0 Å². The first-order chi connectivity index (χ1) is 9.91. The number of hydrogen-bond donors (Lipinski definition) is 0. The average molecular weight is 426 g/mol. The maximum absolute atomic E-state index is 3.89. The molecule has 0 saturated heterocycles. The first-order valence-electron chi connectivity index (χ1n) is 7.82. The van der Waals surface area contributed by atoms with Crippen LogP contribution in [0, 0.1) is 5.41 Å². The van der Waals surface area contributed by atoms with E-state index in [4.69, 9.17) is 0 Å². The van der Waals surface area contributed by atoms with Gasteiger partial charge in [0.25, 0.3) is 0 Å². The second kappa shape index (κ2) is 5.94. The van der Waals surface area contributed by atoms with E-state index in [1.54, 1.807) is 0 Å². The van der Waals surface area contributed by atoms with Crippen LogP contribution in [0.5, 0.6) is 0 Å². The van der Waals surface area contributed by atoms with E-state index in [-0.39, 0.29) is 14.1 Å². The smallest absolute Gasteiger partial charge is 0.0670 e. The summed E-state index contributed by atoms with van der Waals surface area (Å²) in [6.45, 7) is 13.6. The van der Waals surface area contributed by atoms with Gasteiger partial charge >= 0.3 is 0 Å². The van der Waals surface area contributed by atoms with Crippen molar-refractivity contribution in [2.24, 2.45) is 5.41 Å². The van der Waals surface area contributed by atoms with Crippen molar-refractivity contribution >= 4 is 37.4 Å². The zero-order valence-electron chi connectivity index (χ0n) is 14.4. The van der Waals surface area contributed by atoms with Crippen molar-refractivity contribution in [2.75, 3.05) is 0 Å². The van der Waals surface area contributed by atoms with Crippen LogP contribution in [0.15, 0.2) is 42.0 Å². The molecule has 0 N–H and O–H groups in total. The van der Waals surface area contributed by atoms with Gasteiger partial charge in [-0.15, -0.1) is 0 Å². The molecule has 0 radical (unpaired) electrons. The molecule has 0 aromatic heterocycles. The summed E-state index contributed by atoms with van der Waals surface area (Å²) < 4.78 is -0.180. The Morgan fingerprint density at radius 1 is 0.818 bits per heavy atom. The number of rotatable bonds is 1. The molecule has 0 amide bonds. The molecule has 0 unspecified atom stereocenters. The summed E-state index contributed by atoms with van der Waals surface area (Å²) in [4.78, 5) is 0. The lowest BCUT2D eigenvalue weighted by Gasteiger charge is -2.34. The molecule has 120 valence electrons. The van der Waals surface area contributed by atoms with Gasteiger partial charge in [-0.25, -0.2) is 0 Å². The summed E-state index contributed by atoms with van der Waals surface area (Å²) in [5.74, 6) is 0. The van der Waals surface area contributed by atoms with Gasteiger partial charge < -0.3 is 0 Å². The van der Waals surface area contributed by atoms with Gasteiger partial charge in [0.2, 0.25) is 0 Å². The number of halogens is 2. The average Bonchev–Trinajstić information content (AvgIpc) is 2.35. The lowest BCUT2D eigenvalue weighted by molar-refractivity contribution is 0.482. The summed E-state index contributed by atoms with van der Waals surface area (Å²) in [7, 11) is 0. The highest BCUT2D eigenvalue weighted by Gasteiger charge is 2.35. The maximum atomic E-state index is 3.89. The molecule has 22 heavy (non-hydrogen) atoms. The van der Waals surface area contributed by atoms with E-state index in [2.05, 4.69) is 110 Å². The van der Waals surface area contributed by atoms with Crippen molar-refractivity contribution in [2.45, 2.75) is 56.6 Å². The predicted molar refractivity (Wildman–Crippen MR) is 106 cm³/mol. The third kappa shape index (κ3) is 3.94. The minimum atomic E-state index is -0.180. The summed E-state index contributed by atoms with van der Waals surface area (Å²) >= 11 is 7.79. The molecule has 0 fully saturated rings. The van der Waals surface area contributed by atoms with Gasteiger partial charge in [-0.3, -0.25) is 0 Å². The van der Waals surface area contributed by atoms with Crippen molar-refractivity contribution in [1.82, 2.24) is 0 Å². The number of allylic oxidation sites excluding steroid dienone is 4. The maximum Gasteiger partial charge on any atom is 0.110 e. The lowest BCUT2D eigenvalue weighted by Crippen LogP contribution is -2.23. The Bertz CT molecular complexity index is 603. The van der Waals surface area contributed by atoms with E-state index in [9.17, 15) is 0 Å². The molecular formula is C20H26Br2. The van der Waals surface area contributed by atoms with Gasteiger partial charge in [-0.1, -0.05) is 115 Å². The fraction of sp³-hybridized carbons (Fsp3) is 0.500. The summed E-state index contributed by atoms with van der Waals surface area (Å²) in [5, 5.41) is 0. The first-order valence-corrected chi connectivity index (χ1v) is 9.40. The van der Waals surface area contributed by atoms with Gasteiger partial charge in [0, 0.05) is 0 Å². The topological polar surface area (TPSA) is 0 Å². The Morgan fingerprint density at radius 3 is 1.77 bits per heavy atom. The fourth-order valence-electron chi connectivity index (χ4n) is 2.67. The van der Waals surface area contributed by atoms with Crippen LogP contribution in [0.3, 0.4) is 0 Å². The van der Waals surface area contributed by atoms with Gasteiger partial charge in [-0.2, -0.15) is 0 Å². The largest absolute Gasteiger partial charge is 0.110 e. The zero-order valence-corrected chi connectivity index (χ0v) is 17.6. The molecule has 2 rings (SSSR count). The fourth-order valence-corrected chi connectivity index (χ4v) is 4.00. The van der Waals surface area contributed by atoms with E-state index < -0.39 is 0 Å². The molecule has 0 saturated carbocycles. The monoisotopic (exact) mass is 424 g/mol. The molecule has 1 aliphatic carbocycles. The molecule has 1 aliphatic rings. The highest BCUT2D eigenvalue weighted by atomic mass is 79.9. The number of hydrogen-bond acceptors (Lipinski definition) is 0. The van der Waals surface area contributed by atoms with E-state index in [0.29, 0.717) is 0 Å². The molecule has 0 spiro atoms. The van der Waals surface area contributed by atoms with Crippen molar-refractivity contribution in [3.05, 3.63) is 53.1 Å². The van der Waals surface area contributed by atoms with Crippen LogP contribution in [0.25, 0.3) is 5.57 Å². The summed E-state index contributed by atoms with van der Waals surface area (Å²) in [6.07, 6.45) is 5.51. The Balaban J connectivity index is 2.39. The molecule has 2 heteroatoms. The van der Waals surface area contributed by atoms with Crippen LogP contribution in [0.1, 0.15) is 59.1 Å². The Labute approximate surface area is 152 Å². The van der Waals surface area contributed by atoms with Crippen LogP contribution >= 0.6 is 31.9 Å². The molecule has 1 aromatic rings. The van der Waals surface area contributed by atoms with Crippen molar-refractivity contribution in [3.63, 3.8) is 0 Å². The van der Waals surface area contributed by atoms with Crippen molar-refractivity contribution < 1.29 is 0 Å². The standard InChI is InChI=1S/C20H26Br2/c1-18(2,3)15-9-7-14(8-10-15)17-12-11-16(19(4,5)6)13-20(17,21)22/h7-12H,13H2,1-6H3. The van der Waals surface area contributed by atoms with E-state index in [1.165, 1.54) is 22.3 Å². The second-order valence-electron chi connectivity index (χ2n) is 8.23. The first kappa shape index (κ1) is 18.0. The number of benzene rings is 1. The zero-order chi connectivity index (χ0) is 16.8. The van der Waals surface area contributed by atoms with Gasteiger partial charge in [0.1, 0.15) is 3.23 Å². The van der Waals surface area contributed by atoms with Crippen LogP contribution in [0.2, 0.25) is 0 Å². The Hall–Kier alpha value is -0.340. The van der Waals surface area contributed by atoms with Crippen LogP contribution in [-0.2, 0) is 5.41 Å². The minimum absolute atomic E-state index is 0.180. The summed E-state index contributed by atoms with van der Waals surface area (Å²) in [6, 6.07) is 8.96. The molecule has 0 nitrogen and oxygen atoms in total. The molecular weight excluding hydrogens is 400 g/mol. The molecule has 0 aliphatic heterocycles. The van der Waals surface area contributed by atoms with Crippen LogP contribution < -0.4 is 0 Å². The SMILES string of the molecule is CC(C)(C)C1=CC=C(c2ccc(C(C)(C)C)cc2)C(Br)(Br)C1. The second-order valence-corrected chi connectivity index (χ2v) is 12.0. The quantitative estimate of drug-likeness (QED) is 0.416. The highest BCUT2D eigenvalue weighted by molar-refractivity contribution is 9.25. The van der Waals surface area contributed by atoms with E-state index in [0.717, 1.165) is 6.42 Å². The molecule has 0 bridgehead atoms. The Kier molecular flexibility index (Phi) is 4.86. The molecule has 0 heterocycles. The van der Waals surface area contributed by atoms with Gasteiger partial charge in [0.15, 0.2) is 0 Å². The van der Waals surface area contributed by atoms with Crippen molar-refractivity contribution in [3.8, 4) is 0 Å². The third-order valence-corrected chi connectivity index (χ3v) is 5.70. The number of alkyl halides is 2. The molecule has 1 aromatic carbocycles. The minimum Gasteiger partial charge on any atom is -0.0670 e.